The molecule has 21 heavy (non-hydrogen) atoms. The van der Waals surface area contributed by atoms with Crippen molar-refractivity contribution in [2.24, 2.45) is 0 Å². The third-order valence-corrected chi connectivity index (χ3v) is 5.55. The van der Waals surface area contributed by atoms with E-state index in [0.717, 1.165) is 17.5 Å². The topological polar surface area (TPSA) is 37.4 Å². The first-order valence-corrected chi connectivity index (χ1v) is 8.60. The van der Waals surface area contributed by atoms with Gasteiger partial charge in [-0.05, 0) is 42.2 Å². The van der Waals surface area contributed by atoms with E-state index in [1.807, 2.05) is 44.2 Å². The summed E-state index contributed by atoms with van der Waals surface area (Å²) < 4.78 is 27.2. The highest BCUT2D eigenvalue weighted by molar-refractivity contribution is 7.92. The Labute approximate surface area is 127 Å². The van der Waals surface area contributed by atoms with Crippen molar-refractivity contribution in [2.45, 2.75) is 31.6 Å². The zero-order valence-corrected chi connectivity index (χ0v) is 13.5. The van der Waals surface area contributed by atoms with E-state index in [-0.39, 0.29) is 0 Å². The third kappa shape index (κ3) is 3.10. The van der Waals surface area contributed by atoms with Crippen LogP contribution in [0, 0.1) is 0 Å². The fourth-order valence-electron chi connectivity index (χ4n) is 2.28. The Morgan fingerprint density at radius 3 is 2.19 bits per heavy atom. The van der Waals surface area contributed by atoms with Gasteiger partial charge in [-0.1, -0.05) is 44.2 Å². The molecule has 0 aromatic heterocycles. The molecule has 0 unspecified atom stereocenters. The molecule has 2 aromatic rings. The van der Waals surface area contributed by atoms with E-state index < -0.39 is 10.0 Å². The van der Waals surface area contributed by atoms with Gasteiger partial charge in [0.25, 0.3) is 10.0 Å². The number of aryl methyl sites for hydroxylation is 2. The molecule has 0 fully saturated rings. The van der Waals surface area contributed by atoms with Gasteiger partial charge in [-0.2, -0.15) is 0 Å². The number of hydrogen-bond acceptors (Lipinski definition) is 2. The number of benzene rings is 2. The molecule has 2 aromatic carbocycles. The Hall–Kier alpha value is -1.81. The van der Waals surface area contributed by atoms with Crippen LogP contribution in [-0.4, -0.2) is 15.5 Å². The van der Waals surface area contributed by atoms with Gasteiger partial charge in [-0.3, -0.25) is 4.31 Å². The van der Waals surface area contributed by atoms with Gasteiger partial charge in [-0.25, -0.2) is 8.42 Å². The van der Waals surface area contributed by atoms with E-state index in [0.29, 0.717) is 17.0 Å². The van der Waals surface area contributed by atoms with Crippen molar-refractivity contribution in [1.82, 2.24) is 0 Å². The van der Waals surface area contributed by atoms with Crippen LogP contribution in [0.4, 0.5) is 5.69 Å². The lowest BCUT2D eigenvalue weighted by atomic mass is 10.1. The van der Waals surface area contributed by atoms with Crippen LogP contribution in [-0.2, 0) is 22.9 Å². The van der Waals surface area contributed by atoms with Crippen molar-refractivity contribution >= 4 is 15.7 Å². The average molecular weight is 303 g/mol. The third-order valence-electron chi connectivity index (χ3n) is 3.68. The molecule has 0 atom stereocenters. The summed E-state index contributed by atoms with van der Waals surface area (Å²) >= 11 is 0. The van der Waals surface area contributed by atoms with Gasteiger partial charge in [-0.15, -0.1) is 0 Å². The summed E-state index contributed by atoms with van der Waals surface area (Å²) in [5, 5.41) is 0. The number of anilines is 1. The Kier molecular flexibility index (Phi) is 4.68. The highest BCUT2D eigenvalue weighted by atomic mass is 32.2. The van der Waals surface area contributed by atoms with Crippen LogP contribution in [0.15, 0.2) is 53.4 Å². The van der Waals surface area contributed by atoms with E-state index in [1.165, 1.54) is 4.31 Å². The molecular formula is C17H21NO2S. The highest BCUT2D eigenvalue weighted by Crippen LogP contribution is 2.25. The molecule has 112 valence electrons. The maximum Gasteiger partial charge on any atom is 0.264 e. The second-order valence-corrected chi connectivity index (χ2v) is 6.89. The predicted octanol–water partition coefficient (Wildman–Crippen LogP) is 3.64. The van der Waals surface area contributed by atoms with E-state index >= 15 is 0 Å². The van der Waals surface area contributed by atoms with E-state index in [1.54, 1.807) is 25.2 Å². The molecule has 0 saturated carbocycles. The first kappa shape index (κ1) is 15.6. The van der Waals surface area contributed by atoms with Crippen LogP contribution in [0.5, 0.6) is 0 Å². The van der Waals surface area contributed by atoms with Crippen molar-refractivity contribution in [3.8, 4) is 0 Å². The molecule has 0 bridgehead atoms. The maximum absolute atomic E-state index is 12.9. The van der Waals surface area contributed by atoms with Crippen molar-refractivity contribution in [2.75, 3.05) is 11.4 Å². The Morgan fingerprint density at radius 1 is 0.952 bits per heavy atom. The molecule has 0 spiro atoms. The molecule has 0 aliphatic heterocycles. The van der Waals surface area contributed by atoms with Gasteiger partial charge in [0.15, 0.2) is 0 Å². The molecule has 4 heteroatoms. The first-order valence-electron chi connectivity index (χ1n) is 7.16. The Bertz CT molecular complexity index is 709. The first-order chi connectivity index (χ1) is 10.0. The van der Waals surface area contributed by atoms with Crippen molar-refractivity contribution in [3.63, 3.8) is 0 Å². The molecule has 2 rings (SSSR count). The highest BCUT2D eigenvalue weighted by Gasteiger charge is 2.24. The number of para-hydroxylation sites is 1. The molecule has 0 aliphatic carbocycles. The summed E-state index contributed by atoms with van der Waals surface area (Å²) in [6.07, 6.45) is 1.52. The van der Waals surface area contributed by atoms with Gasteiger partial charge in [0.05, 0.1) is 10.6 Å². The van der Waals surface area contributed by atoms with Gasteiger partial charge in [0.2, 0.25) is 0 Å². The van der Waals surface area contributed by atoms with Crippen LogP contribution < -0.4 is 4.31 Å². The SMILES string of the molecule is CCc1ccc(CC)c(S(=O)(=O)N(C)c2ccccc2)c1. The molecule has 0 heterocycles. The predicted molar refractivity (Wildman–Crippen MR) is 87.2 cm³/mol. The lowest BCUT2D eigenvalue weighted by Crippen LogP contribution is -2.27. The summed E-state index contributed by atoms with van der Waals surface area (Å²) in [7, 11) is -1.93. The average Bonchev–Trinajstić information content (AvgIpc) is 2.54. The van der Waals surface area contributed by atoms with Crippen molar-refractivity contribution in [1.29, 1.82) is 0 Å². The van der Waals surface area contributed by atoms with Gasteiger partial charge < -0.3 is 0 Å². The standard InChI is InChI=1S/C17H21NO2S/c1-4-14-11-12-15(5-2)17(13-14)21(19,20)18(3)16-9-7-6-8-10-16/h6-13H,4-5H2,1-3H3. The largest absolute Gasteiger partial charge is 0.269 e. The minimum absolute atomic E-state index is 0.413. The second kappa shape index (κ2) is 6.31. The quantitative estimate of drug-likeness (QED) is 0.845. The smallest absolute Gasteiger partial charge is 0.264 e. The van der Waals surface area contributed by atoms with E-state index in [2.05, 4.69) is 0 Å². The lowest BCUT2D eigenvalue weighted by molar-refractivity contribution is 0.593. The van der Waals surface area contributed by atoms with Gasteiger partial charge in [0, 0.05) is 7.05 Å². The molecular weight excluding hydrogens is 282 g/mol. The van der Waals surface area contributed by atoms with Crippen molar-refractivity contribution in [3.05, 3.63) is 59.7 Å². The fraction of sp³-hybridized carbons (Fsp3) is 0.294. The minimum Gasteiger partial charge on any atom is -0.269 e. The van der Waals surface area contributed by atoms with E-state index in [9.17, 15) is 8.42 Å². The minimum atomic E-state index is -3.53. The van der Waals surface area contributed by atoms with E-state index in [4.69, 9.17) is 0 Å². The van der Waals surface area contributed by atoms with Crippen LogP contribution >= 0.6 is 0 Å². The molecule has 0 radical (unpaired) electrons. The van der Waals surface area contributed by atoms with Gasteiger partial charge in [0.1, 0.15) is 0 Å². The number of nitrogens with zero attached hydrogens (tertiary/aromatic N) is 1. The second-order valence-electron chi connectivity index (χ2n) is 4.96. The lowest BCUT2D eigenvalue weighted by Gasteiger charge is -2.21. The van der Waals surface area contributed by atoms with Crippen molar-refractivity contribution < 1.29 is 8.42 Å². The number of rotatable bonds is 5. The fourth-order valence-corrected chi connectivity index (χ4v) is 3.81. The Morgan fingerprint density at radius 2 is 1.62 bits per heavy atom. The van der Waals surface area contributed by atoms with Crippen LogP contribution in [0.1, 0.15) is 25.0 Å². The maximum atomic E-state index is 12.9. The summed E-state index contributed by atoms with van der Waals surface area (Å²) in [5.41, 5.74) is 2.56. The molecule has 0 amide bonds. The molecule has 0 N–H and O–H groups in total. The van der Waals surface area contributed by atoms with Crippen LogP contribution in [0.2, 0.25) is 0 Å². The monoisotopic (exact) mass is 303 g/mol. The summed E-state index contributed by atoms with van der Waals surface area (Å²) in [5.74, 6) is 0. The summed E-state index contributed by atoms with van der Waals surface area (Å²) in [6.45, 7) is 4.00. The van der Waals surface area contributed by atoms with Crippen LogP contribution in [0.3, 0.4) is 0 Å². The summed E-state index contributed by atoms with van der Waals surface area (Å²) in [6, 6.07) is 14.9. The molecule has 0 aliphatic rings. The molecule has 0 saturated heterocycles. The normalized spacial score (nSPS) is 11.4. The molecule has 3 nitrogen and oxygen atoms in total. The van der Waals surface area contributed by atoms with Gasteiger partial charge >= 0.3 is 0 Å². The Balaban J connectivity index is 2.53. The number of sulfonamides is 1. The summed E-state index contributed by atoms with van der Waals surface area (Å²) in [4.78, 5) is 0.413. The zero-order chi connectivity index (χ0) is 15.5. The van der Waals surface area contributed by atoms with Crippen LogP contribution in [0.25, 0.3) is 0 Å². The number of hydrogen-bond donors (Lipinski definition) is 0. The zero-order valence-electron chi connectivity index (χ0n) is 12.7.